The number of piperidine rings is 1. The van der Waals surface area contributed by atoms with Gasteiger partial charge in [0, 0.05) is 6.54 Å². The minimum absolute atomic E-state index is 0.0647. The first-order valence-corrected chi connectivity index (χ1v) is 8.56. The van der Waals surface area contributed by atoms with Crippen molar-refractivity contribution in [3.05, 3.63) is 0 Å². The third-order valence-electron chi connectivity index (χ3n) is 5.48. The minimum Gasteiger partial charge on any atom is -0.392 e. The van der Waals surface area contributed by atoms with Crippen LogP contribution in [-0.2, 0) is 4.79 Å². The standard InChI is InChI=1S/C16H29N3OS/c1-15(8-10-19(2)11-9-15)12-18-14(20)16(13(17)21)6-4-3-5-7-16/h3-12H2,1-2H3,(H2,17,21)(H,18,20). The molecule has 0 bridgehead atoms. The fourth-order valence-corrected chi connectivity index (χ4v) is 3.84. The maximum Gasteiger partial charge on any atom is 0.233 e. The number of hydrogen-bond acceptors (Lipinski definition) is 3. The Morgan fingerprint density at radius 1 is 1.19 bits per heavy atom. The number of carbonyl (C=O) groups is 1. The summed E-state index contributed by atoms with van der Waals surface area (Å²) in [5.74, 6) is 0.0647. The van der Waals surface area contributed by atoms with Crippen molar-refractivity contribution < 1.29 is 4.79 Å². The van der Waals surface area contributed by atoms with E-state index in [4.69, 9.17) is 18.0 Å². The predicted molar refractivity (Wildman–Crippen MR) is 90.2 cm³/mol. The summed E-state index contributed by atoms with van der Waals surface area (Å²) in [7, 11) is 2.15. The van der Waals surface area contributed by atoms with Crippen LogP contribution < -0.4 is 11.1 Å². The van der Waals surface area contributed by atoms with Crippen LogP contribution in [0.5, 0.6) is 0 Å². The highest BCUT2D eigenvalue weighted by molar-refractivity contribution is 7.80. The predicted octanol–water partition coefficient (Wildman–Crippen LogP) is 2.07. The largest absolute Gasteiger partial charge is 0.392 e. The van der Waals surface area contributed by atoms with E-state index in [1.807, 2.05) is 0 Å². The molecule has 1 saturated carbocycles. The molecule has 2 fully saturated rings. The molecule has 120 valence electrons. The summed E-state index contributed by atoms with van der Waals surface area (Å²) < 4.78 is 0. The van der Waals surface area contributed by atoms with Gasteiger partial charge in [0.15, 0.2) is 0 Å². The highest BCUT2D eigenvalue weighted by Gasteiger charge is 2.43. The lowest BCUT2D eigenvalue weighted by atomic mass is 9.72. The number of nitrogens with two attached hydrogens (primary N) is 1. The summed E-state index contributed by atoms with van der Waals surface area (Å²) in [5.41, 5.74) is 5.54. The summed E-state index contributed by atoms with van der Waals surface area (Å²) in [4.78, 5) is 15.5. The summed E-state index contributed by atoms with van der Waals surface area (Å²) in [5, 5.41) is 3.17. The molecule has 1 aliphatic heterocycles. The maximum atomic E-state index is 12.7. The molecule has 1 heterocycles. The molecule has 0 atom stereocenters. The van der Waals surface area contributed by atoms with Crippen LogP contribution in [0.15, 0.2) is 0 Å². The Hall–Kier alpha value is -0.680. The Morgan fingerprint density at radius 3 is 2.29 bits per heavy atom. The zero-order chi connectivity index (χ0) is 15.5. The molecule has 1 amide bonds. The minimum atomic E-state index is -0.588. The summed E-state index contributed by atoms with van der Waals surface area (Å²) in [6.07, 6.45) is 7.16. The second-order valence-electron chi connectivity index (χ2n) is 7.30. The smallest absolute Gasteiger partial charge is 0.233 e. The normalized spacial score (nSPS) is 25.2. The topological polar surface area (TPSA) is 58.4 Å². The Balaban J connectivity index is 1.95. The number of nitrogens with zero attached hydrogens (tertiary/aromatic N) is 1. The van der Waals surface area contributed by atoms with Crippen LogP contribution >= 0.6 is 12.2 Å². The van der Waals surface area contributed by atoms with Gasteiger partial charge in [-0.25, -0.2) is 0 Å². The molecule has 4 nitrogen and oxygen atoms in total. The number of carbonyl (C=O) groups excluding carboxylic acids is 1. The molecule has 0 spiro atoms. The molecule has 2 rings (SSSR count). The van der Waals surface area contributed by atoms with Gasteiger partial charge in [-0.2, -0.15) is 0 Å². The average molecular weight is 311 g/mol. The SMILES string of the molecule is CN1CCC(C)(CNC(=O)C2(C(N)=S)CCCCC2)CC1. The molecule has 1 saturated heterocycles. The van der Waals surface area contributed by atoms with E-state index in [1.54, 1.807) is 0 Å². The second kappa shape index (κ2) is 6.61. The van der Waals surface area contributed by atoms with E-state index in [2.05, 4.69) is 24.2 Å². The number of amides is 1. The molecule has 0 aromatic heterocycles. The Kier molecular flexibility index (Phi) is 5.25. The van der Waals surface area contributed by atoms with Crippen LogP contribution in [0, 0.1) is 10.8 Å². The quantitative estimate of drug-likeness (QED) is 0.780. The van der Waals surface area contributed by atoms with Crippen molar-refractivity contribution in [1.29, 1.82) is 0 Å². The highest BCUT2D eigenvalue weighted by atomic mass is 32.1. The van der Waals surface area contributed by atoms with E-state index in [9.17, 15) is 4.79 Å². The van der Waals surface area contributed by atoms with Crippen molar-refractivity contribution in [1.82, 2.24) is 10.2 Å². The fraction of sp³-hybridized carbons (Fsp3) is 0.875. The second-order valence-corrected chi connectivity index (χ2v) is 7.74. The molecular weight excluding hydrogens is 282 g/mol. The molecule has 0 aromatic carbocycles. The van der Waals surface area contributed by atoms with Gasteiger partial charge in [-0.15, -0.1) is 0 Å². The van der Waals surface area contributed by atoms with Crippen LogP contribution in [0.4, 0.5) is 0 Å². The number of rotatable bonds is 4. The van der Waals surface area contributed by atoms with E-state index in [-0.39, 0.29) is 11.3 Å². The van der Waals surface area contributed by atoms with Crippen molar-refractivity contribution >= 4 is 23.1 Å². The fourth-order valence-electron chi connectivity index (χ4n) is 3.54. The number of thiocarbonyl (C=S) groups is 1. The van der Waals surface area contributed by atoms with Gasteiger partial charge >= 0.3 is 0 Å². The molecule has 5 heteroatoms. The van der Waals surface area contributed by atoms with E-state index in [0.29, 0.717) is 4.99 Å². The third-order valence-corrected chi connectivity index (χ3v) is 5.87. The summed E-state index contributed by atoms with van der Waals surface area (Å²) >= 11 is 5.23. The number of hydrogen-bond donors (Lipinski definition) is 2. The van der Waals surface area contributed by atoms with Crippen LogP contribution in [-0.4, -0.2) is 42.5 Å². The van der Waals surface area contributed by atoms with Gasteiger partial charge in [0.1, 0.15) is 0 Å². The van der Waals surface area contributed by atoms with Crippen molar-refractivity contribution in [3.8, 4) is 0 Å². The highest BCUT2D eigenvalue weighted by Crippen LogP contribution is 2.37. The van der Waals surface area contributed by atoms with Crippen molar-refractivity contribution in [3.63, 3.8) is 0 Å². The van der Waals surface area contributed by atoms with Gasteiger partial charge in [-0.05, 0) is 51.2 Å². The molecule has 0 unspecified atom stereocenters. The van der Waals surface area contributed by atoms with Crippen molar-refractivity contribution in [2.45, 2.75) is 51.9 Å². The lowest BCUT2D eigenvalue weighted by Gasteiger charge is -2.40. The number of nitrogens with one attached hydrogen (secondary N) is 1. The molecule has 3 N–H and O–H groups in total. The van der Waals surface area contributed by atoms with E-state index in [0.717, 1.165) is 58.2 Å². The van der Waals surface area contributed by atoms with Crippen LogP contribution in [0.25, 0.3) is 0 Å². The zero-order valence-corrected chi connectivity index (χ0v) is 14.2. The molecule has 21 heavy (non-hydrogen) atoms. The Bertz CT molecular complexity index is 396. The maximum absolute atomic E-state index is 12.7. The van der Waals surface area contributed by atoms with Gasteiger partial charge in [0.05, 0.1) is 10.4 Å². The molecule has 2 aliphatic rings. The van der Waals surface area contributed by atoms with Gasteiger partial charge in [-0.3, -0.25) is 4.79 Å². The van der Waals surface area contributed by atoms with Gasteiger partial charge in [0.2, 0.25) is 5.91 Å². The van der Waals surface area contributed by atoms with Gasteiger partial charge in [-0.1, -0.05) is 38.4 Å². The molecule has 1 aliphatic carbocycles. The van der Waals surface area contributed by atoms with Crippen LogP contribution in [0.1, 0.15) is 51.9 Å². The third kappa shape index (κ3) is 3.75. The lowest BCUT2D eigenvalue weighted by Crippen LogP contribution is -2.52. The average Bonchev–Trinajstić information content (AvgIpc) is 2.49. The Morgan fingerprint density at radius 2 is 1.76 bits per heavy atom. The van der Waals surface area contributed by atoms with Crippen LogP contribution in [0.3, 0.4) is 0 Å². The molecular formula is C16H29N3OS. The first kappa shape index (κ1) is 16.7. The van der Waals surface area contributed by atoms with Gasteiger partial charge < -0.3 is 16.0 Å². The van der Waals surface area contributed by atoms with Crippen molar-refractivity contribution in [2.24, 2.45) is 16.6 Å². The molecule has 0 radical (unpaired) electrons. The van der Waals surface area contributed by atoms with E-state index < -0.39 is 5.41 Å². The number of likely N-dealkylation sites (tertiary alicyclic amines) is 1. The van der Waals surface area contributed by atoms with E-state index >= 15 is 0 Å². The first-order valence-electron chi connectivity index (χ1n) is 8.15. The van der Waals surface area contributed by atoms with E-state index in [1.165, 1.54) is 6.42 Å². The first-order chi connectivity index (χ1) is 9.88. The van der Waals surface area contributed by atoms with Crippen molar-refractivity contribution in [2.75, 3.05) is 26.7 Å². The summed E-state index contributed by atoms with van der Waals surface area (Å²) in [6.45, 7) is 5.22. The molecule has 0 aromatic rings. The van der Waals surface area contributed by atoms with Gasteiger partial charge in [0.25, 0.3) is 0 Å². The van der Waals surface area contributed by atoms with Crippen LogP contribution in [0.2, 0.25) is 0 Å². The lowest BCUT2D eigenvalue weighted by molar-refractivity contribution is -0.129. The zero-order valence-electron chi connectivity index (χ0n) is 13.4. The monoisotopic (exact) mass is 311 g/mol. The summed E-state index contributed by atoms with van der Waals surface area (Å²) in [6, 6.07) is 0. The Labute approximate surface area is 133 Å².